The van der Waals surface area contributed by atoms with Crippen LogP contribution in [0.4, 0.5) is 0 Å². The van der Waals surface area contributed by atoms with E-state index in [1.54, 1.807) is 17.8 Å². The first-order valence-electron chi connectivity index (χ1n) is 6.04. The number of amides is 1. The van der Waals surface area contributed by atoms with Gasteiger partial charge in [0.1, 0.15) is 5.69 Å². The minimum atomic E-state index is -0.0528. The van der Waals surface area contributed by atoms with Gasteiger partial charge in [0.25, 0.3) is 5.91 Å². The monoisotopic (exact) mass is 236 g/mol. The molecule has 1 saturated heterocycles. The van der Waals surface area contributed by atoms with E-state index < -0.39 is 0 Å². The van der Waals surface area contributed by atoms with E-state index in [-0.39, 0.29) is 11.4 Å². The van der Waals surface area contributed by atoms with Gasteiger partial charge in [-0.3, -0.25) is 9.48 Å². The van der Waals surface area contributed by atoms with Gasteiger partial charge < -0.3 is 10.6 Å². The second kappa shape index (κ2) is 4.49. The van der Waals surface area contributed by atoms with Crippen LogP contribution in [0.15, 0.2) is 6.07 Å². The third-order valence-corrected chi connectivity index (χ3v) is 3.33. The number of carbonyl (C=O) groups excluding carboxylic acids is 1. The highest BCUT2D eigenvalue weighted by Gasteiger charge is 2.28. The molecule has 1 aliphatic heterocycles. The molecule has 2 heterocycles. The standard InChI is InChI=1S/C12H20N4O/c1-9-7-10(16(3)15-9)11(17)13-8-12(2)5-4-6-14-12/h7,14H,4-6,8H2,1-3H3,(H,13,17). The summed E-state index contributed by atoms with van der Waals surface area (Å²) in [6, 6.07) is 1.81. The largest absolute Gasteiger partial charge is 0.349 e. The highest BCUT2D eigenvalue weighted by molar-refractivity contribution is 5.92. The molecular formula is C12H20N4O. The molecule has 0 aromatic carbocycles. The summed E-state index contributed by atoms with van der Waals surface area (Å²) in [5, 5.41) is 10.6. The van der Waals surface area contributed by atoms with Crippen molar-refractivity contribution in [1.29, 1.82) is 0 Å². The summed E-state index contributed by atoms with van der Waals surface area (Å²) in [5.74, 6) is -0.0528. The van der Waals surface area contributed by atoms with Gasteiger partial charge in [0, 0.05) is 19.1 Å². The lowest BCUT2D eigenvalue weighted by Gasteiger charge is -2.24. The zero-order valence-electron chi connectivity index (χ0n) is 10.7. The molecule has 0 aliphatic carbocycles. The van der Waals surface area contributed by atoms with Crippen LogP contribution in [0.5, 0.6) is 0 Å². The Bertz CT molecular complexity index is 418. The molecule has 1 unspecified atom stereocenters. The lowest BCUT2D eigenvalue weighted by Crippen LogP contribution is -2.47. The zero-order chi connectivity index (χ0) is 12.5. The van der Waals surface area contributed by atoms with Crippen LogP contribution in [0.2, 0.25) is 0 Å². The molecule has 0 spiro atoms. The minimum absolute atomic E-state index is 0.0449. The fourth-order valence-corrected chi connectivity index (χ4v) is 2.30. The van der Waals surface area contributed by atoms with E-state index in [1.165, 1.54) is 6.42 Å². The Balaban J connectivity index is 1.95. The fourth-order valence-electron chi connectivity index (χ4n) is 2.30. The van der Waals surface area contributed by atoms with Crippen molar-refractivity contribution in [2.45, 2.75) is 32.2 Å². The van der Waals surface area contributed by atoms with Gasteiger partial charge in [-0.2, -0.15) is 5.10 Å². The molecule has 17 heavy (non-hydrogen) atoms. The lowest BCUT2D eigenvalue weighted by molar-refractivity contribution is 0.0933. The predicted octanol–water partition coefficient (Wildman–Crippen LogP) is 0.600. The molecule has 0 bridgehead atoms. The van der Waals surface area contributed by atoms with E-state index >= 15 is 0 Å². The van der Waals surface area contributed by atoms with Crippen LogP contribution in [0.25, 0.3) is 0 Å². The molecule has 1 aromatic rings. The molecule has 0 saturated carbocycles. The maximum absolute atomic E-state index is 12.0. The molecule has 1 aromatic heterocycles. The van der Waals surface area contributed by atoms with E-state index in [2.05, 4.69) is 22.7 Å². The first-order valence-corrected chi connectivity index (χ1v) is 6.04. The highest BCUT2D eigenvalue weighted by Crippen LogP contribution is 2.17. The summed E-state index contributed by atoms with van der Waals surface area (Å²) < 4.78 is 1.62. The normalized spacial score (nSPS) is 23.9. The third-order valence-electron chi connectivity index (χ3n) is 3.33. The molecule has 1 fully saturated rings. The quantitative estimate of drug-likeness (QED) is 0.808. The molecular weight excluding hydrogens is 216 g/mol. The van der Waals surface area contributed by atoms with Gasteiger partial charge >= 0.3 is 0 Å². The van der Waals surface area contributed by atoms with Crippen molar-refractivity contribution in [1.82, 2.24) is 20.4 Å². The second-order valence-electron chi connectivity index (χ2n) is 5.07. The van der Waals surface area contributed by atoms with E-state index in [0.29, 0.717) is 12.2 Å². The molecule has 5 heteroatoms. The summed E-state index contributed by atoms with van der Waals surface area (Å²) in [7, 11) is 1.79. The van der Waals surface area contributed by atoms with Crippen LogP contribution in [0.1, 0.15) is 35.9 Å². The number of nitrogens with zero attached hydrogens (tertiary/aromatic N) is 2. The number of nitrogens with one attached hydrogen (secondary N) is 2. The average Bonchev–Trinajstić information content (AvgIpc) is 2.83. The Morgan fingerprint density at radius 2 is 2.47 bits per heavy atom. The third kappa shape index (κ3) is 2.66. The van der Waals surface area contributed by atoms with Gasteiger partial charge in [0.05, 0.1) is 5.69 Å². The summed E-state index contributed by atoms with van der Waals surface area (Å²) >= 11 is 0. The van der Waals surface area contributed by atoms with Crippen LogP contribution < -0.4 is 10.6 Å². The molecule has 2 rings (SSSR count). The van der Waals surface area contributed by atoms with Gasteiger partial charge in [-0.05, 0) is 39.3 Å². The maximum atomic E-state index is 12.0. The number of hydrogen-bond acceptors (Lipinski definition) is 3. The summed E-state index contributed by atoms with van der Waals surface area (Å²) in [4.78, 5) is 12.0. The molecule has 1 amide bonds. The van der Waals surface area contributed by atoms with Crippen molar-refractivity contribution in [3.63, 3.8) is 0 Å². The maximum Gasteiger partial charge on any atom is 0.269 e. The van der Waals surface area contributed by atoms with Crippen LogP contribution in [0.3, 0.4) is 0 Å². The lowest BCUT2D eigenvalue weighted by atomic mass is 10.0. The second-order valence-corrected chi connectivity index (χ2v) is 5.07. The summed E-state index contributed by atoms with van der Waals surface area (Å²) in [6.45, 7) is 5.73. The Hall–Kier alpha value is -1.36. The van der Waals surface area contributed by atoms with Gasteiger partial charge in [-0.1, -0.05) is 0 Å². The van der Waals surface area contributed by atoms with Crippen molar-refractivity contribution in [3.05, 3.63) is 17.5 Å². The SMILES string of the molecule is Cc1cc(C(=O)NCC2(C)CCCN2)n(C)n1. The molecule has 5 nitrogen and oxygen atoms in total. The van der Waals surface area contributed by atoms with Crippen molar-refractivity contribution in [2.24, 2.45) is 7.05 Å². The van der Waals surface area contributed by atoms with E-state index in [1.807, 2.05) is 6.92 Å². The Labute approximate surface area is 102 Å². The van der Waals surface area contributed by atoms with Crippen molar-refractivity contribution in [2.75, 3.05) is 13.1 Å². The summed E-state index contributed by atoms with van der Waals surface area (Å²) in [6.07, 6.45) is 2.29. The molecule has 1 atom stereocenters. The number of aryl methyl sites for hydroxylation is 2. The first kappa shape index (κ1) is 12.1. The highest BCUT2D eigenvalue weighted by atomic mass is 16.2. The number of carbonyl (C=O) groups is 1. The van der Waals surface area contributed by atoms with Crippen LogP contribution in [-0.4, -0.2) is 34.3 Å². The minimum Gasteiger partial charge on any atom is -0.349 e. The first-order chi connectivity index (χ1) is 8.00. The van der Waals surface area contributed by atoms with Gasteiger partial charge in [-0.15, -0.1) is 0 Å². The van der Waals surface area contributed by atoms with E-state index in [4.69, 9.17) is 0 Å². The van der Waals surface area contributed by atoms with Crippen molar-refractivity contribution in [3.8, 4) is 0 Å². The van der Waals surface area contributed by atoms with Crippen LogP contribution in [0, 0.1) is 6.92 Å². The topological polar surface area (TPSA) is 59.0 Å². The van der Waals surface area contributed by atoms with Gasteiger partial charge in [-0.25, -0.2) is 0 Å². The van der Waals surface area contributed by atoms with Crippen molar-refractivity contribution >= 4 is 5.91 Å². The molecule has 1 aliphatic rings. The molecule has 94 valence electrons. The molecule has 0 radical (unpaired) electrons. The average molecular weight is 236 g/mol. The number of aromatic nitrogens is 2. The Morgan fingerprint density at radius 3 is 3.00 bits per heavy atom. The smallest absolute Gasteiger partial charge is 0.269 e. The van der Waals surface area contributed by atoms with Gasteiger partial charge in [0.2, 0.25) is 0 Å². The van der Waals surface area contributed by atoms with Crippen molar-refractivity contribution < 1.29 is 4.79 Å². The Kier molecular flexibility index (Phi) is 3.19. The van der Waals surface area contributed by atoms with Gasteiger partial charge in [0.15, 0.2) is 0 Å². The Morgan fingerprint density at radius 1 is 1.71 bits per heavy atom. The molecule has 2 N–H and O–H groups in total. The predicted molar refractivity (Wildman–Crippen MR) is 65.9 cm³/mol. The number of hydrogen-bond donors (Lipinski definition) is 2. The summed E-state index contributed by atoms with van der Waals surface area (Å²) in [5.41, 5.74) is 1.52. The van der Waals surface area contributed by atoms with Crippen LogP contribution >= 0.6 is 0 Å². The van der Waals surface area contributed by atoms with Crippen LogP contribution in [-0.2, 0) is 7.05 Å². The van der Waals surface area contributed by atoms with E-state index in [9.17, 15) is 4.79 Å². The number of rotatable bonds is 3. The fraction of sp³-hybridized carbons (Fsp3) is 0.667. The van der Waals surface area contributed by atoms with E-state index in [0.717, 1.165) is 18.7 Å². The zero-order valence-corrected chi connectivity index (χ0v) is 10.7.